The Morgan fingerprint density at radius 2 is 2.04 bits per heavy atom. The molecule has 0 radical (unpaired) electrons. The molecule has 3 aromatic rings. The second-order valence-corrected chi connectivity index (χ2v) is 6.56. The largest absolute Gasteiger partial charge is 0.484 e. The molecule has 0 fully saturated rings. The molecule has 1 aliphatic carbocycles. The van der Waals surface area contributed by atoms with Gasteiger partial charge in [-0.15, -0.1) is 0 Å². The fourth-order valence-corrected chi connectivity index (χ4v) is 3.29. The predicted molar refractivity (Wildman–Crippen MR) is 101 cm³/mol. The van der Waals surface area contributed by atoms with Crippen LogP contribution in [0.2, 0.25) is 0 Å². The zero-order valence-corrected chi connectivity index (χ0v) is 15.1. The van der Waals surface area contributed by atoms with E-state index in [1.165, 1.54) is 6.26 Å². The molecule has 1 atom stereocenters. The maximum Gasteiger partial charge on any atom is 0.291 e. The highest BCUT2D eigenvalue weighted by atomic mass is 16.5. The Morgan fingerprint density at radius 1 is 1.11 bits per heavy atom. The van der Waals surface area contributed by atoms with Crippen molar-refractivity contribution in [2.75, 3.05) is 11.9 Å². The van der Waals surface area contributed by atoms with Gasteiger partial charge in [0, 0.05) is 23.7 Å². The predicted octanol–water partition coefficient (Wildman–Crippen LogP) is 3.70. The summed E-state index contributed by atoms with van der Waals surface area (Å²) in [6, 6.07) is 11.9. The van der Waals surface area contributed by atoms with E-state index in [-0.39, 0.29) is 30.2 Å². The number of benzene rings is 1. The first-order chi connectivity index (χ1) is 13.7. The lowest BCUT2D eigenvalue weighted by atomic mass is 9.93. The Bertz CT molecular complexity index is 961. The molecule has 7 nitrogen and oxygen atoms in total. The van der Waals surface area contributed by atoms with Crippen molar-refractivity contribution in [3.05, 3.63) is 72.1 Å². The molecule has 28 heavy (non-hydrogen) atoms. The Kier molecular flexibility index (Phi) is 5.14. The first-order valence-corrected chi connectivity index (χ1v) is 9.12. The smallest absolute Gasteiger partial charge is 0.291 e. The number of amides is 2. The van der Waals surface area contributed by atoms with Crippen molar-refractivity contribution in [1.82, 2.24) is 5.32 Å². The summed E-state index contributed by atoms with van der Waals surface area (Å²) in [6.07, 6.45) is 5.86. The van der Waals surface area contributed by atoms with Crippen molar-refractivity contribution in [2.45, 2.75) is 25.3 Å². The van der Waals surface area contributed by atoms with Gasteiger partial charge in [0.25, 0.3) is 11.8 Å². The summed E-state index contributed by atoms with van der Waals surface area (Å²) < 4.78 is 16.1. The van der Waals surface area contributed by atoms with Crippen LogP contribution in [0.5, 0.6) is 5.75 Å². The molecule has 2 amide bonds. The molecule has 1 aromatic carbocycles. The van der Waals surface area contributed by atoms with E-state index in [0.717, 1.165) is 30.6 Å². The third-order valence-corrected chi connectivity index (χ3v) is 4.59. The number of carbonyl (C=O) groups excluding carboxylic acids is 2. The van der Waals surface area contributed by atoms with Crippen LogP contribution in [0.4, 0.5) is 5.69 Å². The van der Waals surface area contributed by atoms with E-state index < -0.39 is 0 Å². The maximum atomic E-state index is 12.3. The van der Waals surface area contributed by atoms with Gasteiger partial charge in [-0.05, 0) is 43.2 Å². The number of nitrogens with one attached hydrogen (secondary N) is 2. The van der Waals surface area contributed by atoms with Gasteiger partial charge < -0.3 is 24.2 Å². The van der Waals surface area contributed by atoms with Crippen molar-refractivity contribution in [1.29, 1.82) is 0 Å². The van der Waals surface area contributed by atoms with Gasteiger partial charge in [0.15, 0.2) is 12.4 Å². The Morgan fingerprint density at radius 3 is 2.89 bits per heavy atom. The number of fused-ring (bicyclic) bond motifs is 1. The molecular formula is C21H20N2O5. The zero-order valence-electron chi connectivity index (χ0n) is 15.1. The molecule has 2 aromatic heterocycles. The average molecular weight is 380 g/mol. The number of furan rings is 2. The molecule has 4 rings (SSSR count). The Hall–Kier alpha value is -3.48. The van der Waals surface area contributed by atoms with Crippen molar-refractivity contribution in [3.63, 3.8) is 0 Å². The standard InChI is InChI=1S/C21H20N2O5/c24-20(23-17-6-2-7-18-16(17)9-11-27-18)13-28-15-5-1-4-14(12-15)22-21(25)19-8-3-10-26-19/h1,3-5,8-12,17H,2,6-7,13H2,(H,22,25)(H,23,24). The van der Waals surface area contributed by atoms with Crippen LogP contribution in [-0.4, -0.2) is 18.4 Å². The second-order valence-electron chi connectivity index (χ2n) is 6.56. The summed E-state index contributed by atoms with van der Waals surface area (Å²) in [5.41, 5.74) is 1.59. The molecule has 0 saturated carbocycles. The van der Waals surface area contributed by atoms with E-state index in [4.69, 9.17) is 13.6 Å². The van der Waals surface area contributed by atoms with E-state index in [9.17, 15) is 9.59 Å². The highest BCUT2D eigenvalue weighted by Gasteiger charge is 2.24. The fourth-order valence-electron chi connectivity index (χ4n) is 3.29. The second kappa shape index (κ2) is 8.04. The summed E-state index contributed by atoms with van der Waals surface area (Å²) in [7, 11) is 0. The number of rotatable bonds is 6. The van der Waals surface area contributed by atoms with Crippen LogP contribution in [0.1, 0.15) is 40.8 Å². The van der Waals surface area contributed by atoms with Crippen molar-refractivity contribution < 1.29 is 23.2 Å². The maximum absolute atomic E-state index is 12.3. The average Bonchev–Trinajstić information content (AvgIpc) is 3.39. The number of hydrogen-bond acceptors (Lipinski definition) is 5. The molecule has 0 aliphatic heterocycles. The number of anilines is 1. The normalized spacial score (nSPS) is 15.5. The number of ether oxygens (including phenoxy) is 1. The minimum Gasteiger partial charge on any atom is -0.484 e. The third-order valence-electron chi connectivity index (χ3n) is 4.59. The van der Waals surface area contributed by atoms with E-state index >= 15 is 0 Å². The van der Waals surface area contributed by atoms with Crippen LogP contribution in [-0.2, 0) is 11.2 Å². The van der Waals surface area contributed by atoms with Crippen LogP contribution in [0.15, 0.2) is 63.8 Å². The highest BCUT2D eigenvalue weighted by Crippen LogP contribution is 2.30. The van der Waals surface area contributed by atoms with Gasteiger partial charge in [0.05, 0.1) is 18.6 Å². The van der Waals surface area contributed by atoms with E-state index in [0.29, 0.717) is 11.4 Å². The lowest BCUT2D eigenvalue weighted by Crippen LogP contribution is -2.34. The minimum absolute atomic E-state index is 0.0440. The molecule has 2 heterocycles. The quantitative estimate of drug-likeness (QED) is 0.680. The topological polar surface area (TPSA) is 93.7 Å². The summed E-state index contributed by atoms with van der Waals surface area (Å²) in [6.45, 7) is -0.112. The summed E-state index contributed by atoms with van der Waals surface area (Å²) in [5.74, 6) is 1.09. The molecule has 2 N–H and O–H groups in total. The molecule has 0 spiro atoms. The fraction of sp³-hybridized carbons (Fsp3) is 0.238. The molecule has 1 aliphatic rings. The molecule has 144 valence electrons. The van der Waals surface area contributed by atoms with Crippen LogP contribution in [0, 0.1) is 0 Å². The lowest BCUT2D eigenvalue weighted by Gasteiger charge is -2.22. The number of aryl methyl sites for hydroxylation is 1. The van der Waals surface area contributed by atoms with Gasteiger partial charge in [-0.1, -0.05) is 6.07 Å². The Balaban J connectivity index is 1.31. The van der Waals surface area contributed by atoms with E-state index in [1.54, 1.807) is 42.7 Å². The molecular weight excluding hydrogens is 360 g/mol. The zero-order chi connectivity index (χ0) is 19.3. The minimum atomic E-state index is -0.354. The summed E-state index contributed by atoms with van der Waals surface area (Å²) >= 11 is 0. The van der Waals surface area contributed by atoms with E-state index in [2.05, 4.69) is 10.6 Å². The van der Waals surface area contributed by atoms with Crippen LogP contribution in [0.3, 0.4) is 0 Å². The summed E-state index contributed by atoms with van der Waals surface area (Å²) in [4.78, 5) is 24.3. The van der Waals surface area contributed by atoms with Crippen LogP contribution in [0.25, 0.3) is 0 Å². The summed E-state index contributed by atoms with van der Waals surface area (Å²) in [5, 5.41) is 5.71. The first-order valence-electron chi connectivity index (χ1n) is 9.12. The SMILES string of the molecule is O=C(COc1cccc(NC(=O)c2ccco2)c1)NC1CCCc2occc21. The Labute approximate surface area is 161 Å². The van der Waals surface area contributed by atoms with Crippen molar-refractivity contribution >= 4 is 17.5 Å². The van der Waals surface area contributed by atoms with Crippen LogP contribution < -0.4 is 15.4 Å². The third kappa shape index (κ3) is 4.09. The van der Waals surface area contributed by atoms with Gasteiger partial charge in [-0.2, -0.15) is 0 Å². The van der Waals surface area contributed by atoms with Gasteiger partial charge in [0.2, 0.25) is 0 Å². The number of hydrogen-bond donors (Lipinski definition) is 2. The molecule has 7 heteroatoms. The van der Waals surface area contributed by atoms with Gasteiger partial charge in [-0.25, -0.2) is 0 Å². The highest BCUT2D eigenvalue weighted by molar-refractivity contribution is 6.02. The molecule has 1 unspecified atom stereocenters. The van der Waals surface area contributed by atoms with Gasteiger partial charge in [-0.3, -0.25) is 9.59 Å². The number of carbonyl (C=O) groups is 2. The van der Waals surface area contributed by atoms with Gasteiger partial charge >= 0.3 is 0 Å². The van der Waals surface area contributed by atoms with Crippen molar-refractivity contribution in [3.8, 4) is 5.75 Å². The van der Waals surface area contributed by atoms with Gasteiger partial charge in [0.1, 0.15) is 11.5 Å². The van der Waals surface area contributed by atoms with E-state index in [1.807, 2.05) is 6.07 Å². The van der Waals surface area contributed by atoms with Crippen LogP contribution >= 0.6 is 0 Å². The molecule has 0 bridgehead atoms. The first kappa shape index (κ1) is 17.9. The van der Waals surface area contributed by atoms with Crippen molar-refractivity contribution in [2.24, 2.45) is 0 Å². The monoisotopic (exact) mass is 380 g/mol. The lowest BCUT2D eigenvalue weighted by molar-refractivity contribution is -0.124. The molecule has 0 saturated heterocycles.